The zero-order valence-electron chi connectivity index (χ0n) is 22.5. The van der Waals surface area contributed by atoms with Crippen LogP contribution >= 0.6 is 0 Å². The van der Waals surface area contributed by atoms with Gasteiger partial charge in [-0.15, -0.1) is 0 Å². The number of imidazole rings is 2. The number of fused-ring (bicyclic) bond motifs is 1. The molecule has 0 bridgehead atoms. The Kier molecular flexibility index (Phi) is 7.73. The summed E-state index contributed by atoms with van der Waals surface area (Å²) < 4.78 is 80.6. The second-order valence-electron chi connectivity index (χ2n) is 11.0. The lowest BCUT2D eigenvalue weighted by atomic mass is 9.96. The van der Waals surface area contributed by atoms with Crippen molar-refractivity contribution in [3.63, 3.8) is 0 Å². The van der Waals surface area contributed by atoms with Crippen LogP contribution in [0.1, 0.15) is 47.4 Å². The third-order valence-electron chi connectivity index (χ3n) is 5.54. The average molecular weight is 584 g/mol. The second kappa shape index (κ2) is 9.99. The molecule has 14 heteroatoms. The highest BCUT2D eigenvalue weighted by Crippen LogP contribution is 2.37. The van der Waals surface area contributed by atoms with Gasteiger partial charge in [-0.25, -0.2) is 31.1 Å². The van der Waals surface area contributed by atoms with Crippen LogP contribution in [0.2, 0.25) is 0 Å². The first kappa shape index (κ1) is 30.2. The molecule has 39 heavy (non-hydrogen) atoms. The molecule has 4 rings (SSSR count). The van der Waals surface area contributed by atoms with Gasteiger partial charge in [0.15, 0.2) is 0 Å². The number of nitrogen functional groups attached to an aromatic ring is 1. The van der Waals surface area contributed by atoms with Crippen LogP contribution in [0.4, 0.5) is 14.7 Å². The number of hydrogen-bond donors (Lipinski definition) is 3. The second-order valence-corrected chi connectivity index (χ2v) is 15.0. The molecule has 2 aromatic carbocycles. The number of halogens is 2. The number of H-pyrrole nitrogens is 1. The van der Waals surface area contributed by atoms with Crippen molar-refractivity contribution < 1.29 is 30.2 Å². The molecule has 0 fully saturated rings. The first-order valence-corrected chi connectivity index (χ1v) is 14.9. The van der Waals surface area contributed by atoms with Crippen LogP contribution < -0.4 is 5.73 Å². The molecule has 2 heterocycles. The van der Waals surface area contributed by atoms with Gasteiger partial charge in [-0.2, -0.15) is 8.42 Å². The predicted octanol–water partition coefficient (Wildman–Crippen LogP) is 4.73. The van der Waals surface area contributed by atoms with E-state index in [9.17, 15) is 25.6 Å². The summed E-state index contributed by atoms with van der Waals surface area (Å²) in [5.41, 5.74) is 7.74. The minimum atomic E-state index is -3.88. The molecule has 0 saturated carbocycles. The van der Waals surface area contributed by atoms with Gasteiger partial charge in [0.2, 0.25) is 16.0 Å². The topological polar surface area (TPSA) is 161 Å². The van der Waals surface area contributed by atoms with Crippen molar-refractivity contribution in [3.8, 4) is 22.5 Å². The Labute approximate surface area is 226 Å². The number of rotatable bonds is 3. The smallest absolute Gasteiger partial charge is 0.261 e. The van der Waals surface area contributed by atoms with Crippen molar-refractivity contribution in [1.82, 2.24) is 18.9 Å². The van der Waals surface area contributed by atoms with Crippen molar-refractivity contribution in [1.29, 1.82) is 0 Å². The fourth-order valence-electron chi connectivity index (χ4n) is 3.57. The number of aromatic nitrogens is 4. The summed E-state index contributed by atoms with van der Waals surface area (Å²) in [6, 6.07) is 8.32. The van der Waals surface area contributed by atoms with Gasteiger partial charge in [-0.1, -0.05) is 26.8 Å². The van der Waals surface area contributed by atoms with Crippen LogP contribution in [0.5, 0.6) is 0 Å². The van der Waals surface area contributed by atoms with E-state index in [0.29, 0.717) is 34.5 Å². The van der Waals surface area contributed by atoms with E-state index >= 15 is 0 Å². The summed E-state index contributed by atoms with van der Waals surface area (Å²) in [6.45, 7) is 10.6. The highest BCUT2D eigenvalue weighted by Gasteiger charge is 2.34. The minimum Gasteiger partial charge on any atom is -0.368 e. The molecule has 10 nitrogen and oxygen atoms in total. The van der Waals surface area contributed by atoms with Gasteiger partial charge < -0.3 is 10.7 Å². The summed E-state index contributed by atoms with van der Waals surface area (Å²) in [5, 5.41) is 0. The van der Waals surface area contributed by atoms with E-state index in [1.54, 1.807) is 39.0 Å². The van der Waals surface area contributed by atoms with Crippen molar-refractivity contribution in [2.75, 3.05) is 12.0 Å². The highest BCUT2D eigenvalue weighted by molar-refractivity contribution is 7.91. The number of nitrogens with two attached hydrogens (primary N) is 1. The molecule has 0 unspecified atom stereocenters. The Morgan fingerprint density at radius 3 is 2.05 bits per heavy atom. The molecule has 0 amide bonds. The van der Waals surface area contributed by atoms with Gasteiger partial charge in [-0.3, -0.25) is 4.55 Å². The van der Waals surface area contributed by atoms with Gasteiger partial charge in [0.1, 0.15) is 17.5 Å². The maximum atomic E-state index is 14.7. The van der Waals surface area contributed by atoms with E-state index in [1.807, 2.05) is 20.8 Å². The van der Waals surface area contributed by atoms with Gasteiger partial charge in [-0.05, 0) is 45.0 Å². The predicted molar refractivity (Wildman–Crippen MR) is 147 cm³/mol. The summed E-state index contributed by atoms with van der Waals surface area (Å²) in [4.78, 5) is 12.1. The maximum Gasteiger partial charge on any atom is 0.261 e. The summed E-state index contributed by atoms with van der Waals surface area (Å²) in [5.74, 6) is -0.983. The molecule has 0 saturated heterocycles. The first-order valence-electron chi connectivity index (χ1n) is 11.6. The average Bonchev–Trinajstić information content (AvgIpc) is 3.32. The zero-order valence-corrected chi connectivity index (χ0v) is 24.2. The van der Waals surface area contributed by atoms with Crippen LogP contribution in [0, 0.1) is 11.6 Å². The lowest BCUT2D eigenvalue weighted by Crippen LogP contribution is -2.34. The summed E-state index contributed by atoms with van der Waals surface area (Å²) >= 11 is 0. The number of benzene rings is 2. The number of anilines is 1. The number of nitrogens with one attached hydrogen (secondary N) is 1. The van der Waals surface area contributed by atoms with E-state index in [2.05, 4.69) is 9.97 Å². The van der Waals surface area contributed by atoms with Gasteiger partial charge in [0.25, 0.3) is 10.1 Å². The van der Waals surface area contributed by atoms with E-state index in [4.69, 9.17) is 15.3 Å². The molecule has 2 aromatic heterocycles. The SMILES string of the molecule is CC(C)(C)c1nc(-c2ccc3nc(N)n(S(=O)(=O)C(C)(C)C)c3c2)c(-c2ccc(F)cc2F)[nH]1.CS(=O)(=O)O. The molecule has 4 aromatic rings. The van der Waals surface area contributed by atoms with E-state index in [0.717, 1.165) is 10.0 Å². The summed E-state index contributed by atoms with van der Waals surface area (Å²) in [6.07, 6.45) is 0.715. The Hall–Kier alpha value is -3.36. The number of nitrogens with zero attached hydrogens (tertiary/aromatic N) is 3. The van der Waals surface area contributed by atoms with Gasteiger partial charge in [0, 0.05) is 22.6 Å². The molecular formula is C25H31F2N5O5S2. The van der Waals surface area contributed by atoms with Crippen LogP contribution in [0.25, 0.3) is 33.5 Å². The Bertz CT molecular complexity index is 1760. The largest absolute Gasteiger partial charge is 0.368 e. The van der Waals surface area contributed by atoms with E-state index < -0.39 is 41.9 Å². The molecular weight excluding hydrogens is 552 g/mol. The lowest BCUT2D eigenvalue weighted by molar-refractivity contribution is 0.490. The molecule has 0 spiro atoms. The summed E-state index contributed by atoms with van der Waals surface area (Å²) in [7, 11) is -7.55. The minimum absolute atomic E-state index is 0.148. The quantitative estimate of drug-likeness (QED) is 0.292. The Balaban J connectivity index is 0.000000771. The van der Waals surface area contributed by atoms with Gasteiger partial charge >= 0.3 is 0 Å². The van der Waals surface area contributed by atoms with E-state index in [-0.39, 0.29) is 17.0 Å². The Morgan fingerprint density at radius 2 is 1.54 bits per heavy atom. The fourth-order valence-corrected chi connectivity index (χ4v) is 4.81. The van der Waals surface area contributed by atoms with Crippen LogP contribution in [0.15, 0.2) is 36.4 Å². The number of hydrogen-bond acceptors (Lipinski definition) is 7. The van der Waals surface area contributed by atoms with Crippen molar-refractivity contribution in [3.05, 3.63) is 53.9 Å². The zero-order chi connectivity index (χ0) is 29.7. The lowest BCUT2D eigenvalue weighted by Gasteiger charge is -2.21. The van der Waals surface area contributed by atoms with Crippen LogP contribution in [-0.2, 0) is 25.6 Å². The van der Waals surface area contributed by atoms with Crippen molar-refractivity contribution >= 4 is 37.1 Å². The first-order chi connectivity index (χ1) is 17.6. The molecule has 0 aliphatic heterocycles. The van der Waals surface area contributed by atoms with Crippen LogP contribution in [-0.4, -0.2) is 51.3 Å². The molecule has 0 radical (unpaired) electrons. The monoisotopic (exact) mass is 583 g/mol. The number of aromatic amines is 1. The molecule has 0 aliphatic carbocycles. The Morgan fingerprint density at radius 1 is 0.949 bits per heavy atom. The highest BCUT2D eigenvalue weighted by atomic mass is 32.2. The third-order valence-corrected chi connectivity index (χ3v) is 7.95. The molecule has 4 N–H and O–H groups in total. The van der Waals surface area contributed by atoms with Gasteiger partial charge in [0.05, 0.1) is 33.4 Å². The third kappa shape index (κ3) is 6.45. The molecule has 0 aliphatic rings. The van der Waals surface area contributed by atoms with Crippen LogP contribution in [0.3, 0.4) is 0 Å². The standard InChI is InChI=1S/C24H27F2N5O2S.CH4O3S/c1-23(2,3)21-29-19(20(30-21)15-9-8-14(25)12-16(15)26)13-7-10-17-18(11-13)31(22(27)28-17)34(32,33)24(4,5)6;1-5(2,3)4/h7-12H,1-6H3,(H2,27,28)(H,29,30);1H3,(H,2,3,4). The molecule has 0 atom stereocenters. The molecule has 212 valence electrons. The van der Waals surface area contributed by atoms with Crippen molar-refractivity contribution in [2.24, 2.45) is 0 Å². The fraction of sp³-hybridized carbons (Fsp3) is 0.360. The van der Waals surface area contributed by atoms with Crippen molar-refractivity contribution in [2.45, 2.75) is 51.7 Å². The van der Waals surface area contributed by atoms with E-state index in [1.165, 1.54) is 12.1 Å². The maximum absolute atomic E-state index is 14.7. The normalized spacial score (nSPS) is 12.9.